The van der Waals surface area contributed by atoms with E-state index in [9.17, 15) is 4.79 Å². The summed E-state index contributed by atoms with van der Waals surface area (Å²) in [7, 11) is -0.625. The molecule has 224 valence electrons. The monoisotopic (exact) mass is 609 g/mol. The minimum Gasteiger partial charge on any atom is -0.444 e. The Labute approximate surface area is 254 Å². The van der Waals surface area contributed by atoms with E-state index in [2.05, 4.69) is 64.4 Å². The molecule has 0 radical (unpaired) electrons. The van der Waals surface area contributed by atoms with Crippen molar-refractivity contribution in [1.29, 1.82) is 0 Å². The molecule has 1 amide bonds. The molecule has 0 unspecified atom stereocenters. The maximum atomic E-state index is 12.7. The third-order valence-electron chi connectivity index (χ3n) is 7.38. The first-order chi connectivity index (χ1) is 19.8. The van der Waals surface area contributed by atoms with Gasteiger partial charge >= 0.3 is 6.09 Å². The minimum absolute atomic E-state index is 0.171. The lowest BCUT2D eigenvalue weighted by Crippen LogP contribution is -2.44. The van der Waals surface area contributed by atoms with E-state index in [-0.39, 0.29) is 5.28 Å². The molecule has 0 fully saturated rings. The molecule has 0 spiro atoms. The minimum atomic E-state index is -0.625. The molecule has 0 aliphatic heterocycles. The molecule has 5 rings (SSSR count). The third-order valence-corrected chi connectivity index (χ3v) is 8.95. The Kier molecular flexibility index (Phi) is 8.56. The van der Waals surface area contributed by atoms with Gasteiger partial charge in [-0.15, -0.1) is 0 Å². The van der Waals surface area contributed by atoms with Crippen LogP contribution in [0.1, 0.15) is 37.6 Å². The lowest BCUT2D eigenvalue weighted by Gasteiger charge is -2.30. The number of rotatable bonds is 9. The van der Waals surface area contributed by atoms with Gasteiger partial charge in [-0.3, -0.25) is 4.98 Å². The summed E-state index contributed by atoms with van der Waals surface area (Å²) >= 11 is 6.47. The van der Waals surface area contributed by atoms with Crippen LogP contribution in [0.25, 0.3) is 22.3 Å². The Morgan fingerprint density at radius 3 is 2.48 bits per heavy atom. The van der Waals surface area contributed by atoms with Crippen LogP contribution in [0.3, 0.4) is 0 Å². The molecular formula is C32H40ClN5O3S. The fraction of sp³-hybridized carbons (Fsp3) is 0.438. The molecule has 0 bridgehead atoms. The topological polar surface area (TPSA) is 91.2 Å². The first-order valence-electron chi connectivity index (χ1n) is 14.1. The van der Waals surface area contributed by atoms with Crippen LogP contribution < -0.4 is 5.32 Å². The van der Waals surface area contributed by atoms with Gasteiger partial charge in [0, 0.05) is 46.7 Å². The summed E-state index contributed by atoms with van der Waals surface area (Å²) in [4.78, 5) is 26.7. The van der Waals surface area contributed by atoms with Gasteiger partial charge in [-0.2, -0.15) is 4.98 Å². The highest BCUT2D eigenvalue weighted by Gasteiger charge is 2.41. The fourth-order valence-corrected chi connectivity index (χ4v) is 6.13. The molecule has 3 heterocycles. The SMILES string of the molecule is CC(C)(C)OC(=O)NCC1(c2cc(-c3nc(Cl)nc4c3ccn4COCCS(C)(C)C)ccn2)Cc2ccccc2C1. The smallest absolute Gasteiger partial charge is 0.407 e. The first kappa shape index (κ1) is 30.3. The number of nitrogens with one attached hydrogen (secondary N) is 1. The molecule has 1 aliphatic carbocycles. The van der Waals surface area contributed by atoms with E-state index in [4.69, 9.17) is 26.1 Å². The van der Waals surface area contributed by atoms with Crippen LogP contribution in [0.5, 0.6) is 0 Å². The summed E-state index contributed by atoms with van der Waals surface area (Å²) in [5.41, 5.74) is 4.71. The van der Waals surface area contributed by atoms with E-state index < -0.39 is 27.1 Å². The summed E-state index contributed by atoms with van der Waals surface area (Å²) in [5.74, 6) is 1.04. The predicted molar refractivity (Wildman–Crippen MR) is 172 cm³/mol. The number of nitrogens with zero attached hydrogens (tertiary/aromatic N) is 4. The van der Waals surface area contributed by atoms with Crippen molar-refractivity contribution in [1.82, 2.24) is 24.8 Å². The zero-order valence-corrected chi connectivity index (χ0v) is 26.8. The maximum Gasteiger partial charge on any atom is 0.407 e. The largest absolute Gasteiger partial charge is 0.444 e. The van der Waals surface area contributed by atoms with E-state index in [0.717, 1.165) is 46.6 Å². The highest BCUT2D eigenvalue weighted by Crippen LogP contribution is 2.40. The van der Waals surface area contributed by atoms with Crippen molar-refractivity contribution in [2.24, 2.45) is 0 Å². The van der Waals surface area contributed by atoms with Crippen molar-refractivity contribution in [3.8, 4) is 11.3 Å². The summed E-state index contributed by atoms with van der Waals surface area (Å²) in [5, 5.41) is 4.08. The number of carbonyl (C=O) groups excluding carboxylic acids is 1. The van der Waals surface area contributed by atoms with Gasteiger partial charge < -0.3 is 19.4 Å². The van der Waals surface area contributed by atoms with Crippen molar-refractivity contribution < 1.29 is 14.3 Å². The molecule has 10 heteroatoms. The highest BCUT2D eigenvalue weighted by atomic mass is 35.5. The zero-order valence-electron chi connectivity index (χ0n) is 25.2. The predicted octanol–water partition coefficient (Wildman–Crippen LogP) is 6.38. The first-order valence-corrected chi connectivity index (χ1v) is 17.5. The molecule has 4 aromatic rings. The van der Waals surface area contributed by atoms with Crippen LogP contribution in [0, 0.1) is 0 Å². The van der Waals surface area contributed by atoms with Crippen LogP contribution in [0.2, 0.25) is 5.28 Å². The number of fused-ring (bicyclic) bond motifs is 2. The van der Waals surface area contributed by atoms with Crippen molar-refractivity contribution in [3.05, 3.63) is 77.0 Å². The summed E-state index contributed by atoms with van der Waals surface area (Å²) in [6, 6.07) is 14.4. The molecule has 3 aromatic heterocycles. The molecule has 0 saturated carbocycles. The number of halogens is 1. The van der Waals surface area contributed by atoms with Crippen LogP contribution in [0.15, 0.2) is 54.9 Å². The van der Waals surface area contributed by atoms with E-state index in [1.54, 1.807) is 6.20 Å². The number of benzene rings is 1. The van der Waals surface area contributed by atoms with Gasteiger partial charge in [0.15, 0.2) is 0 Å². The molecule has 42 heavy (non-hydrogen) atoms. The van der Waals surface area contributed by atoms with Gasteiger partial charge in [0.1, 0.15) is 18.0 Å². The Balaban J connectivity index is 1.46. The van der Waals surface area contributed by atoms with E-state index in [1.165, 1.54) is 11.1 Å². The van der Waals surface area contributed by atoms with Gasteiger partial charge in [0.2, 0.25) is 5.28 Å². The number of alkyl carbamates (subject to hydrolysis) is 1. The number of hydrogen-bond donors (Lipinski definition) is 1. The van der Waals surface area contributed by atoms with Gasteiger partial charge in [-0.05, 0) is 93.3 Å². The van der Waals surface area contributed by atoms with Crippen molar-refractivity contribution in [3.63, 3.8) is 0 Å². The number of carbonyl (C=O) groups is 1. The lowest BCUT2D eigenvalue weighted by molar-refractivity contribution is 0.0514. The van der Waals surface area contributed by atoms with E-state index in [0.29, 0.717) is 19.9 Å². The zero-order chi connectivity index (χ0) is 30.1. The Morgan fingerprint density at radius 1 is 1.10 bits per heavy atom. The van der Waals surface area contributed by atoms with Crippen molar-refractivity contribution in [2.75, 3.05) is 37.7 Å². The fourth-order valence-electron chi connectivity index (χ4n) is 5.35. The van der Waals surface area contributed by atoms with Crippen molar-refractivity contribution in [2.45, 2.75) is 51.4 Å². The van der Waals surface area contributed by atoms with Crippen LogP contribution in [-0.4, -0.2) is 68.9 Å². The highest BCUT2D eigenvalue weighted by molar-refractivity contribution is 8.32. The maximum absolute atomic E-state index is 12.7. The van der Waals surface area contributed by atoms with Gasteiger partial charge in [-0.25, -0.2) is 19.8 Å². The second-order valence-electron chi connectivity index (χ2n) is 12.9. The quantitative estimate of drug-likeness (QED) is 0.175. The number of hydrogen-bond acceptors (Lipinski definition) is 6. The number of amides is 1. The molecule has 0 atom stereocenters. The van der Waals surface area contributed by atoms with Crippen LogP contribution in [-0.2, 0) is 34.5 Å². The average Bonchev–Trinajstić information content (AvgIpc) is 3.50. The molecule has 0 saturated heterocycles. The summed E-state index contributed by atoms with van der Waals surface area (Å²) in [6.45, 7) is 7.05. The Morgan fingerprint density at radius 2 is 1.81 bits per heavy atom. The standard InChI is InChI=1S/C32H40ClN5O3S/c1-31(2,3)41-30(39)35-20-32(18-23-9-7-8-10-24(23)19-32)26-17-22(11-13-34-26)27-25-12-14-38(28(25)37-29(33)36-27)21-40-15-16-42(4,5)6/h7-14,17H,15-16,18-21H2,1-6H3,(H,35,39). The molecular weight excluding hydrogens is 570 g/mol. The van der Waals surface area contributed by atoms with Gasteiger partial charge in [0.05, 0.1) is 12.3 Å². The van der Waals surface area contributed by atoms with Crippen LogP contribution >= 0.6 is 21.6 Å². The second kappa shape index (κ2) is 11.9. The Bertz CT molecular complexity index is 1570. The second-order valence-corrected chi connectivity index (χ2v) is 17.8. The number of aromatic nitrogens is 4. The molecule has 1 N–H and O–H groups in total. The van der Waals surface area contributed by atoms with Gasteiger partial charge in [-0.1, -0.05) is 24.3 Å². The number of ether oxygens (including phenoxy) is 2. The van der Waals surface area contributed by atoms with E-state index >= 15 is 0 Å². The lowest BCUT2D eigenvalue weighted by atomic mass is 9.80. The molecule has 8 nitrogen and oxygen atoms in total. The van der Waals surface area contributed by atoms with Gasteiger partial charge in [0.25, 0.3) is 0 Å². The normalized spacial score (nSPS) is 15.0. The Hall–Kier alpha value is -3.14. The van der Waals surface area contributed by atoms with E-state index in [1.807, 2.05) is 43.7 Å². The van der Waals surface area contributed by atoms with Crippen LogP contribution in [0.4, 0.5) is 4.79 Å². The van der Waals surface area contributed by atoms with Crippen molar-refractivity contribution >= 4 is 38.8 Å². The molecule has 1 aromatic carbocycles. The summed E-state index contributed by atoms with van der Waals surface area (Å²) < 4.78 is 13.5. The molecule has 1 aliphatic rings. The average molecular weight is 610 g/mol. The third kappa shape index (κ3) is 7.07. The summed E-state index contributed by atoms with van der Waals surface area (Å²) in [6.07, 6.45) is 11.7. The number of pyridine rings is 1.